The first-order chi connectivity index (χ1) is 6.52. The van der Waals surface area contributed by atoms with Crippen LogP contribution in [0.3, 0.4) is 0 Å². The van der Waals surface area contributed by atoms with Gasteiger partial charge in [-0.1, -0.05) is 12.2 Å². The molecule has 0 unspecified atom stereocenters. The summed E-state index contributed by atoms with van der Waals surface area (Å²) in [6, 6.07) is 0. The van der Waals surface area contributed by atoms with Crippen LogP contribution in [0.25, 0.3) is 0 Å². The molecule has 0 aliphatic carbocycles. The number of hydrogen-bond acceptors (Lipinski definition) is 2. The van der Waals surface area contributed by atoms with Crippen LogP contribution in [0.15, 0.2) is 23.3 Å². The van der Waals surface area contributed by atoms with E-state index in [0.29, 0.717) is 13.0 Å². The average molecular weight is 198 g/mol. The molecule has 0 aromatic carbocycles. The standard InChI is InChI=1S/C12H22O2/c1-6-10(3)12(13,8-9-14-5)11(4)7-2/h6-7,13H,8-9H2,1-5H3/b10-6+,11-7+. The van der Waals surface area contributed by atoms with Gasteiger partial charge in [0.1, 0.15) is 5.60 Å². The summed E-state index contributed by atoms with van der Waals surface area (Å²) in [6.45, 7) is 8.34. The van der Waals surface area contributed by atoms with E-state index in [-0.39, 0.29) is 0 Å². The van der Waals surface area contributed by atoms with Crippen LogP contribution in [0.2, 0.25) is 0 Å². The van der Waals surface area contributed by atoms with E-state index in [1.807, 2.05) is 39.8 Å². The van der Waals surface area contributed by atoms with Gasteiger partial charge in [0.05, 0.1) is 0 Å². The third-order valence-corrected chi connectivity index (χ3v) is 2.84. The molecule has 0 aliphatic rings. The molecule has 0 rings (SSSR count). The maximum absolute atomic E-state index is 10.5. The normalized spacial score (nSPS) is 18.1. The summed E-state index contributed by atoms with van der Waals surface area (Å²) in [5.74, 6) is 0. The van der Waals surface area contributed by atoms with Crippen molar-refractivity contribution in [1.82, 2.24) is 0 Å². The van der Waals surface area contributed by atoms with Crippen LogP contribution in [0.5, 0.6) is 0 Å². The molecule has 0 aromatic heterocycles. The third kappa shape index (κ3) is 2.96. The van der Waals surface area contributed by atoms with Crippen molar-refractivity contribution in [3.05, 3.63) is 23.3 Å². The smallest absolute Gasteiger partial charge is 0.108 e. The Morgan fingerprint density at radius 3 is 1.93 bits per heavy atom. The van der Waals surface area contributed by atoms with Crippen molar-refractivity contribution in [3.8, 4) is 0 Å². The van der Waals surface area contributed by atoms with Gasteiger partial charge in [-0.2, -0.15) is 0 Å². The van der Waals surface area contributed by atoms with Crippen molar-refractivity contribution in [2.45, 2.75) is 39.7 Å². The molecule has 2 heteroatoms. The zero-order chi connectivity index (χ0) is 11.2. The molecule has 1 N–H and O–H groups in total. The van der Waals surface area contributed by atoms with Crippen LogP contribution in [0, 0.1) is 0 Å². The van der Waals surface area contributed by atoms with Crippen molar-refractivity contribution in [1.29, 1.82) is 0 Å². The second kappa shape index (κ2) is 5.99. The van der Waals surface area contributed by atoms with Gasteiger partial charge >= 0.3 is 0 Å². The molecule has 0 radical (unpaired) electrons. The Balaban J connectivity index is 4.85. The molecule has 14 heavy (non-hydrogen) atoms. The van der Waals surface area contributed by atoms with Crippen molar-refractivity contribution < 1.29 is 9.84 Å². The topological polar surface area (TPSA) is 29.5 Å². The Bertz CT molecular complexity index is 208. The minimum atomic E-state index is -0.834. The van der Waals surface area contributed by atoms with E-state index in [0.717, 1.165) is 11.1 Å². The molecule has 0 fully saturated rings. The van der Waals surface area contributed by atoms with Crippen molar-refractivity contribution in [3.63, 3.8) is 0 Å². The lowest BCUT2D eigenvalue weighted by Gasteiger charge is -2.30. The lowest BCUT2D eigenvalue weighted by Crippen LogP contribution is -2.33. The number of hydrogen-bond donors (Lipinski definition) is 1. The first-order valence-corrected chi connectivity index (χ1v) is 5.01. The molecule has 0 heterocycles. The van der Waals surface area contributed by atoms with Gasteiger partial charge in [0, 0.05) is 20.1 Å². The fourth-order valence-electron chi connectivity index (χ4n) is 1.43. The molecule has 0 aliphatic heterocycles. The van der Waals surface area contributed by atoms with Gasteiger partial charge in [-0.05, 0) is 38.8 Å². The van der Waals surface area contributed by atoms with E-state index < -0.39 is 5.60 Å². The fourth-order valence-corrected chi connectivity index (χ4v) is 1.43. The van der Waals surface area contributed by atoms with E-state index in [4.69, 9.17) is 4.74 Å². The van der Waals surface area contributed by atoms with Gasteiger partial charge in [0.2, 0.25) is 0 Å². The van der Waals surface area contributed by atoms with Gasteiger partial charge in [0.25, 0.3) is 0 Å². The quantitative estimate of drug-likeness (QED) is 0.688. The van der Waals surface area contributed by atoms with Gasteiger partial charge in [-0.15, -0.1) is 0 Å². The maximum atomic E-state index is 10.5. The molecule has 0 spiro atoms. The van der Waals surface area contributed by atoms with E-state index in [1.54, 1.807) is 7.11 Å². The van der Waals surface area contributed by atoms with Gasteiger partial charge in [-0.25, -0.2) is 0 Å². The first kappa shape index (κ1) is 13.4. The Morgan fingerprint density at radius 2 is 1.64 bits per heavy atom. The minimum Gasteiger partial charge on any atom is -0.385 e. The van der Waals surface area contributed by atoms with Crippen LogP contribution in [0.4, 0.5) is 0 Å². The van der Waals surface area contributed by atoms with Crippen LogP contribution in [-0.4, -0.2) is 24.4 Å². The highest BCUT2D eigenvalue weighted by atomic mass is 16.5. The Labute approximate surface area is 87.3 Å². The Morgan fingerprint density at radius 1 is 1.21 bits per heavy atom. The molecule has 82 valence electrons. The molecule has 0 amide bonds. The molecular weight excluding hydrogens is 176 g/mol. The summed E-state index contributed by atoms with van der Waals surface area (Å²) in [4.78, 5) is 0. The summed E-state index contributed by atoms with van der Waals surface area (Å²) in [5.41, 5.74) is 1.12. The minimum absolute atomic E-state index is 0.562. The lowest BCUT2D eigenvalue weighted by molar-refractivity contribution is 0.0688. The zero-order valence-corrected chi connectivity index (χ0v) is 9.92. The maximum Gasteiger partial charge on any atom is 0.108 e. The second-order valence-corrected chi connectivity index (χ2v) is 3.55. The van der Waals surface area contributed by atoms with E-state index in [1.165, 1.54) is 0 Å². The Hall–Kier alpha value is -0.600. The van der Waals surface area contributed by atoms with Crippen LogP contribution in [0.1, 0.15) is 34.1 Å². The SMILES string of the molecule is C/C=C(\C)C(O)(CCOC)/C(C)=C/C. The average Bonchev–Trinajstić information content (AvgIpc) is 2.23. The van der Waals surface area contributed by atoms with Crippen LogP contribution in [-0.2, 0) is 4.74 Å². The summed E-state index contributed by atoms with van der Waals surface area (Å²) in [5, 5.41) is 10.5. The van der Waals surface area contributed by atoms with Crippen molar-refractivity contribution in [2.24, 2.45) is 0 Å². The molecule has 0 saturated heterocycles. The van der Waals surface area contributed by atoms with E-state index in [2.05, 4.69) is 0 Å². The lowest BCUT2D eigenvalue weighted by atomic mass is 9.84. The first-order valence-electron chi connectivity index (χ1n) is 5.01. The van der Waals surface area contributed by atoms with E-state index >= 15 is 0 Å². The highest BCUT2D eigenvalue weighted by Gasteiger charge is 2.29. The molecule has 0 aromatic rings. The zero-order valence-electron chi connectivity index (χ0n) is 9.92. The van der Waals surface area contributed by atoms with Gasteiger partial charge < -0.3 is 9.84 Å². The number of aliphatic hydroxyl groups is 1. The largest absolute Gasteiger partial charge is 0.385 e. The highest BCUT2D eigenvalue weighted by Crippen LogP contribution is 2.28. The summed E-state index contributed by atoms with van der Waals surface area (Å²) >= 11 is 0. The predicted octanol–water partition coefficient (Wildman–Crippen LogP) is 2.69. The summed E-state index contributed by atoms with van der Waals surface area (Å²) < 4.78 is 5.01. The summed E-state index contributed by atoms with van der Waals surface area (Å²) in [7, 11) is 1.65. The second-order valence-electron chi connectivity index (χ2n) is 3.55. The number of ether oxygens (including phenoxy) is 1. The summed E-state index contributed by atoms with van der Waals surface area (Å²) in [6.07, 6.45) is 4.50. The van der Waals surface area contributed by atoms with E-state index in [9.17, 15) is 5.11 Å². The van der Waals surface area contributed by atoms with Crippen LogP contribution < -0.4 is 0 Å². The van der Waals surface area contributed by atoms with Gasteiger partial charge in [0.15, 0.2) is 0 Å². The molecule has 0 saturated carbocycles. The number of allylic oxidation sites excluding steroid dienone is 2. The molecule has 0 atom stereocenters. The predicted molar refractivity (Wildman–Crippen MR) is 60.3 cm³/mol. The van der Waals surface area contributed by atoms with Gasteiger partial charge in [-0.3, -0.25) is 0 Å². The monoisotopic (exact) mass is 198 g/mol. The number of methoxy groups -OCH3 is 1. The third-order valence-electron chi connectivity index (χ3n) is 2.84. The molecule has 2 nitrogen and oxygen atoms in total. The number of rotatable bonds is 5. The van der Waals surface area contributed by atoms with Crippen molar-refractivity contribution in [2.75, 3.05) is 13.7 Å². The molecule has 0 bridgehead atoms. The van der Waals surface area contributed by atoms with Crippen molar-refractivity contribution >= 4 is 0 Å². The Kier molecular flexibility index (Phi) is 5.73. The highest BCUT2D eigenvalue weighted by molar-refractivity contribution is 5.29. The molecular formula is C12H22O2. The fraction of sp³-hybridized carbons (Fsp3) is 0.667. The van der Waals surface area contributed by atoms with Crippen LogP contribution >= 0.6 is 0 Å².